The highest BCUT2D eigenvalue weighted by atomic mass is 16.5. The smallest absolute Gasteiger partial charge is 0.320 e. The summed E-state index contributed by atoms with van der Waals surface area (Å²) in [4.78, 5) is 13.6. The van der Waals surface area contributed by atoms with Crippen molar-refractivity contribution in [1.29, 1.82) is 0 Å². The van der Waals surface area contributed by atoms with E-state index in [-0.39, 0.29) is 24.1 Å². The Morgan fingerprint density at radius 3 is 2.27 bits per heavy atom. The van der Waals surface area contributed by atoms with Gasteiger partial charge < -0.3 is 10.1 Å². The van der Waals surface area contributed by atoms with Crippen LogP contribution in [0.25, 0.3) is 16.9 Å². The standard InChI is InChI=1S/C32H32N6O2/c1-22-30(24-20-33-37(2)21-24)36-38(25-14-8-4-9-15-25)31(22)35-32(39)34-29-19-27(40-26-16-10-5-11-17-26)18-28(29)23-12-6-3-7-13-23/h3-17,20-21,27-29H,18-19H2,1-2H3,(H2,34,35,39)/t27-,28-,29+/m0/s1. The summed E-state index contributed by atoms with van der Waals surface area (Å²) >= 11 is 0. The molecule has 3 atom stereocenters. The van der Waals surface area contributed by atoms with E-state index in [1.165, 1.54) is 5.56 Å². The SMILES string of the molecule is Cc1c(-c2cnn(C)c2)nn(-c2ccccc2)c1NC(=O)N[C@@H]1C[C@@H](Oc2ccccc2)C[C@H]1c1ccccc1. The Labute approximate surface area is 233 Å². The number of amides is 2. The van der Waals surface area contributed by atoms with Crippen molar-refractivity contribution in [1.82, 2.24) is 24.9 Å². The van der Waals surface area contributed by atoms with Crippen molar-refractivity contribution < 1.29 is 9.53 Å². The van der Waals surface area contributed by atoms with Crippen molar-refractivity contribution in [2.24, 2.45) is 7.05 Å². The van der Waals surface area contributed by atoms with Crippen molar-refractivity contribution in [3.05, 3.63) is 115 Å². The number of nitrogens with one attached hydrogen (secondary N) is 2. The average Bonchev–Trinajstić information content (AvgIpc) is 3.67. The van der Waals surface area contributed by atoms with Crippen LogP contribution >= 0.6 is 0 Å². The maximum Gasteiger partial charge on any atom is 0.320 e. The number of urea groups is 1. The summed E-state index contributed by atoms with van der Waals surface area (Å²) in [6.07, 6.45) is 5.22. The molecule has 1 fully saturated rings. The van der Waals surface area contributed by atoms with Crippen molar-refractivity contribution in [3.8, 4) is 22.7 Å². The molecule has 0 spiro atoms. The lowest BCUT2D eigenvalue weighted by atomic mass is 9.94. The molecule has 1 aliphatic carbocycles. The summed E-state index contributed by atoms with van der Waals surface area (Å²) < 4.78 is 9.84. The largest absolute Gasteiger partial charge is 0.490 e. The van der Waals surface area contributed by atoms with E-state index < -0.39 is 0 Å². The lowest BCUT2D eigenvalue weighted by molar-refractivity contribution is 0.205. The molecule has 2 heterocycles. The van der Waals surface area contributed by atoms with Gasteiger partial charge in [-0.1, -0.05) is 66.7 Å². The fraction of sp³-hybridized carbons (Fsp3) is 0.219. The number of nitrogens with zero attached hydrogens (tertiary/aromatic N) is 4. The van der Waals surface area contributed by atoms with Crippen LogP contribution in [0.4, 0.5) is 10.6 Å². The molecule has 0 bridgehead atoms. The predicted molar refractivity (Wildman–Crippen MR) is 156 cm³/mol. The van der Waals surface area contributed by atoms with E-state index in [9.17, 15) is 4.79 Å². The minimum atomic E-state index is -0.274. The van der Waals surface area contributed by atoms with Gasteiger partial charge in [0, 0.05) is 42.8 Å². The molecule has 2 aromatic heterocycles. The number of aromatic nitrogens is 4. The highest BCUT2D eigenvalue weighted by Gasteiger charge is 2.37. The van der Waals surface area contributed by atoms with Crippen LogP contribution in [0.1, 0.15) is 29.9 Å². The number of para-hydroxylation sites is 2. The molecule has 0 radical (unpaired) electrons. The molecule has 6 rings (SSSR count). The number of anilines is 1. The topological polar surface area (TPSA) is 86.0 Å². The van der Waals surface area contributed by atoms with E-state index in [4.69, 9.17) is 9.84 Å². The van der Waals surface area contributed by atoms with E-state index in [0.29, 0.717) is 12.2 Å². The first-order valence-electron chi connectivity index (χ1n) is 13.5. The zero-order valence-corrected chi connectivity index (χ0v) is 22.6. The quantitative estimate of drug-likeness (QED) is 0.265. The summed E-state index contributed by atoms with van der Waals surface area (Å²) in [5.74, 6) is 1.59. The zero-order chi connectivity index (χ0) is 27.5. The number of carbonyl (C=O) groups excluding carboxylic acids is 1. The van der Waals surface area contributed by atoms with Crippen LogP contribution in [0.5, 0.6) is 5.75 Å². The van der Waals surface area contributed by atoms with Gasteiger partial charge in [-0.05, 0) is 43.2 Å². The molecule has 2 N–H and O–H groups in total. The minimum Gasteiger partial charge on any atom is -0.490 e. The van der Waals surface area contributed by atoms with Gasteiger partial charge in [-0.2, -0.15) is 10.2 Å². The van der Waals surface area contributed by atoms with E-state index in [1.54, 1.807) is 15.6 Å². The Morgan fingerprint density at radius 2 is 1.60 bits per heavy atom. The van der Waals surface area contributed by atoms with Crippen LogP contribution < -0.4 is 15.4 Å². The van der Waals surface area contributed by atoms with Gasteiger partial charge in [-0.25, -0.2) is 9.48 Å². The van der Waals surface area contributed by atoms with Crippen LogP contribution in [0.15, 0.2) is 103 Å². The van der Waals surface area contributed by atoms with Crippen LogP contribution in [0, 0.1) is 6.92 Å². The summed E-state index contributed by atoms with van der Waals surface area (Å²) in [7, 11) is 1.87. The molecule has 5 aromatic rings. The van der Waals surface area contributed by atoms with E-state index in [1.807, 2.05) is 99.0 Å². The molecular formula is C32H32N6O2. The monoisotopic (exact) mass is 532 g/mol. The Balaban J connectivity index is 1.26. The van der Waals surface area contributed by atoms with Crippen molar-refractivity contribution in [2.45, 2.75) is 37.8 Å². The maximum atomic E-state index is 13.6. The van der Waals surface area contributed by atoms with Crippen LogP contribution in [0.2, 0.25) is 0 Å². The van der Waals surface area contributed by atoms with Gasteiger partial charge in [0.15, 0.2) is 0 Å². The molecule has 0 aliphatic heterocycles. The number of carbonyl (C=O) groups is 1. The zero-order valence-electron chi connectivity index (χ0n) is 22.6. The second-order valence-electron chi connectivity index (χ2n) is 10.2. The summed E-state index contributed by atoms with van der Waals surface area (Å²) in [6.45, 7) is 1.97. The molecule has 8 heteroatoms. The third-order valence-electron chi connectivity index (χ3n) is 7.44. The van der Waals surface area contributed by atoms with Gasteiger partial charge in [-0.3, -0.25) is 10.00 Å². The van der Waals surface area contributed by atoms with E-state index >= 15 is 0 Å². The number of benzene rings is 3. The molecule has 8 nitrogen and oxygen atoms in total. The summed E-state index contributed by atoms with van der Waals surface area (Å²) in [5, 5.41) is 15.6. The second-order valence-corrected chi connectivity index (χ2v) is 10.2. The van der Waals surface area contributed by atoms with Crippen molar-refractivity contribution in [3.63, 3.8) is 0 Å². The number of aryl methyl sites for hydroxylation is 1. The third kappa shape index (κ3) is 5.33. The normalized spacial score (nSPS) is 18.4. The van der Waals surface area contributed by atoms with Crippen LogP contribution in [-0.4, -0.2) is 37.7 Å². The van der Waals surface area contributed by atoms with Gasteiger partial charge >= 0.3 is 6.03 Å². The van der Waals surface area contributed by atoms with Gasteiger partial charge in [0.25, 0.3) is 0 Å². The number of rotatable bonds is 7. The lowest BCUT2D eigenvalue weighted by Gasteiger charge is -2.21. The van der Waals surface area contributed by atoms with Crippen LogP contribution in [0.3, 0.4) is 0 Å². The van der Waals surface area contributed by atoms with E-state index in [0.717, 1.165) is 34.7 Å². The maximum absolute atomic E-state index is 13.6. The average molecular weight is 533 g/mol. The first kappa shape index (κ1) is 25.4. The first-order valence-corrected chi connectivity index (χ1v) is 13.5. The molecule has 3 aromatic carbocycles. The molecule has 0 saturated heterocycles. The highest BCUT2D eigenvalue weighted by Crippen LogP contribution is 2.37. The Bertz CT molecular complexity index is 1580. The second kappa shape index (κ2) is 11.1. The number of hydrogen-bond acceptors (Lipinski definition) is 4. The Hall–Kier alpha value is -4.85. The van der Waals surface area contributed by atoms with Gasteiger partial charge in [-0.15, -0.1) is 0 Å². The van der Waals surface area contributed by atoms with Gasteiger partial charge in [0.1, 0.15) is 23.4 Å². The molecule has 40 heavy (non-hydrogen) atoms. The summed E-state index contributed by atoms with van der Waals surface area (Å²) in [5.41, 5.74) is 4.57. The third-order valence-corrected chi connectivity index (χ3v) is 7.44. The Morgan fingerprint density at radius 1 is 0.925 bits per heavy atom. The van der Waals surface area contributed by atoms with Crippen molar-refractivity contribution in [2.75, 3.05) is 5.32 Å². The molecule has 1 saturated carbocycles. The van der Waals surface area contributed by atoms with Gasteiger partial charge in [0.05, 0.1) is 11.9 Å². The Kier molecular flexibility index (Phi) is 7.06. The fourth-order valence-corrected chi connectivity index (χ4v) is 5.54. The lowest BCUT2D eigenvalue weighted by Crippen LogP contribution is -2.40. The van der Waals surface area contributed by atoms with Gasteiger partial charge in [0.2, 0.25) is 0 Å². The molecule has 0 unspecified atom stereocenters. The molecule has 1 aliphatic rings. The predicted octanol–water partition coefficient (Wildman–Crippen LogP) is 6.10. The molecular weight excluding hydrogens is 500 g/mol. The molecule has 202 valence electrons. The summed E-state index contributed by atoms with van der Waals surface area (Å²) in [6, 6.07) is 29.6. The number of ether oxygens (including phenoxy) is 1. The minimum absolute atomic E-state index is 0.00771. The molecule has 2 amide bonds. The van der Waals surface area contributed by atoms with Crippen molar-refractivity contribution >= 4 is 11.8 Å². The number of hydrogen-bond donors (Lipinski definition) is 2. The van der Waals surface area contributed by atoms with Crippen LogP contribution in [-0.2, 0) is 7.05 Å². The fourth-order valence-electron chi connectivity index (χ4n) is 5.54. The van der Waals surface area contributed by atoms with E-state index in [2.05, 4.69) is 27.9 Å². The first-order chi connectivity index (χ1) is 19.5. The highest BCUT2D eigenvalue weighted by molar-refractivity contribution is 5.91.